The minimum atomic E-state index is -0.0517. The highest BCUT2D eigenvalue weighted by Crippen LogP contribution is 2.33. The van der Waals surface area contributed by atoms with Gasteiger partial charge in [-0.05, 0) is 45.2 Å². The number of aryl methyl sites for hydroxylation is 1. The zero-order chi connectivity index (χ0) is 18.0. The lowest BCUT2D eigenvalue weighted by atomic mass is 9.85. The van der Waals surface area contributed by atoms with Gasteiger partial charge in [0.05, 0.1) is 16.6 Å². The molecule has 134 valence electrons. The Morgan fingerprint density at radius 2 is 2.08 bits per heavy atom. The van der Waals surface area contributed by atoms with Gasteiger partial charge >= 0.3 is 0 Å². The number of benzene rings is 1. The van der Waals surface area contributed by atoms with Gasteiger partial charge in [0.2, 0.25) is 5.91 Å². The molecule has 1 fully saturated rings. The highest BCUT2D eigenvalue weighted by Gasteiger charge is 2.27. The van der Waals surface area contributed by atoms with E-state index in [0.717, 1.165) is 46.8 Å². The second kappa shape index (κ2) is 7.85. The first-order chi connectivity index (χ1) is 11.9. The van der Waals surface area contributed by atoms with E-state index in [1.807, 2.05) is 38.1 Å². The Bertz CT molecular complexity index is 744. The molecule has 3 unspecified atom stereocenters. The summed E-state index contributed by atoms with van der Waals surface area (Å²) in [5.41, 5.74) is 8.01. The van der Waals surface area contributed by atoms with Crippen molar-refractivity contribution in [2.75, 3.05) is 0 Å². The number of nitrogens with zero attached hydrogens (tertiary/aromatic N) is 1. The quantitative estimate of drug-likeness (QED) is 0.826. The van der Waals surface area contributed by atoms with Crippen LogP contribution in [0.1, 0.15) is 49.2 Å². The van der Waals surface area contributed by atoms with Gasteiger partial charge in [0, 0.05) is 22.5 Å². The third-order valence-corrected chi connectivity index (χ3v) is 6.40. The number of carbonyl (C=O) groups excluding carboxylic acids is 1. The van der Waals surface area contributed by atoms with Crippen LogP contribution < -0.4 is 11.1 Å². The number of amides is 1. The monoisotopic (exact) mass is 377 g/mol. The Kier molecular flexibility index (Phi) is 5.77. The molecule has 1 heterocycles. The lowest BCUT2D eigenvalue weighted by Crippen LogP contribution is -2.38. The third-order valence-electron chi connectivity index (χ3n) is 4.76. The van der Waals surface area contributed by atoms with Gasteiger partial charge in [-0.3, -0.25) is 4.79 Å². The Hall–Kier alpha value is -1.43. The number of thiazole rings is 1. The molecule has 0 bridgehead atoms. The van der Waals surface area contributed by atoms with E-state index < -0.39 is 0 Å². The average molecular weight is 378 g/mol. The number of nitrogens with two attached hydrogens (primary N) is 1. The molecule has 3 atom stereocenters. The van der Waals surface area contributed by atoms with Gasteiger partial charge in [0.25, 0.3) is 0 Å². The van der Waals surface area contributed by atoms with Crippen molar-refractivity contribution in [3.05, 3.63) is 39.9 Å². The predicted molar refractivity (Wildman–Crippen MR) is 104 cm³/mol. The molecule has 4 nitrogen and oxygen atoms in total. The number of hydrogen-bond acceptors (Lipinski definition) is 4. The van der Waals surface area contributed by atoms with E-state index >= 15 is 0 Å². The predicted octanol–water partition coefficient (Wildman–Crippen LogP) is 4.47. The van der Waals surface area contributed by atoms with Crippen molar-refractivity contribution >= 4 is 28.8 Å². The van der Waals surface area contributed by atoms with E-state index in [1.54, 1.807) is 11.3 Å². The molecule has 3 N–H and O–H groups in total. The normalized spacial score (nSPS) is 21.8. The molecule has 1 amide bonds. The topological polar surface area (TPSA) is 68.0 Å². The molecule has 1 aliphatic rings. The summed E-state index contributed by atoms with van der Waals surface area (Å²) in [7, 11) is 0. The summed E-state index contributed by atoms with van der Waals surface area (Å²) in [6, 6.07) is 7.77. The van der Waals surface area contributed by atoms with E-state index in [4.69, 9.17) is 17.3 Å². The number of carbonyl (C=O) groups is 1. The second-order valence-electron chi connectivity index (χ2n) is 6.83. The molecule has 6 heteroatoms. The van der Waals surface area contributed by atoms with Crippen LogP contribution in [0.25, 0.3) is 10.6 Å². The first-order valence-electron chi connectivity index (χ1n) is 8.73. The van der Waals surface area contributed by atoms with Gasteiger partial charge in [-0.1, -0.05) is 30.2 Å². The van der Waals surface area contributed by atoms with Gasteiger partial charge in [0.15, 0.2) is 0 Å². The van der Waals surface area contributed by atoms with Crippen molar-refractivity contribution in [1.82, 2.24) is 10.3 Å². The average Bonchev–Trinajstić information content (AvgIpc) is 2.97. The summed E-state index contributed by atoms with van der Waals surface area (Å²) in [6.07, 6.45) is 3.78. The molecule has 0 radical (unpaired) electrons. The van der Waals surface area contributed by atoms with Crippen LogP contribution in [-0.4, -0.2) is 16.9 Å². The minimum Gasteiger partial charge on any atom is -0.348 e. The lowest BCUT2D eigenvalue weighted by molar-refractivity contribution is -0.126. The smallest absolute Gasteiger partial charge is 0.223 e. The fraction of sp³-hybridized carbons (Fsp3) is 0.474. The SMILES string of the molecule is Cc1nc(-c2ccc(Cl)cc2)sc1C(C)NC(=O)C1CCCC(N)C1. The molecular formula is C19H24ClN3OS. The molecular weight excluding hydrogens is 354 g/mol. The summed E-state index contributed by atoms with van der Waals surface area (Å²) in [5.74, 6) is 0.152. The Balaban J connectivity index is 1.70. The molecule has 2 aromatic rings. The highest BCUT2D eigenvalue weighted by atomic mass is 35.5. The lowest BCUT2D eigenvalue weighted by Gasteiger charge is -2.27. The molecule has 1 saturated carbocycles. The van der Waals surface area contributed by atoms with Crippen molar-refractivity contribution in [3.63, 3.8) is 0 Å². The first kappa shape index (κ1) is 18.4. The molecule has 3 rings (SSSR count). The first-order valence-corrected chi connectivity index (χ1v) is 9.92. The largest absolute Gasteiger partial charge is 0.348 e. The number of halogens is 1. The fourth-order valence-electron chi connectivity index (χ4n) is 3.39. The van der Waals surface area contributed by atoms with E-state index in [9.17, 15) is 4.79 Å². The third kappa shape index (κ3) is 4.40. The van der Waals surface area contributed by atoms with Crippen molar-refractivity contribution in [2.24, 2.45) is 11.7 Å². The zero-order valence-corrected chi connectivity index (χ0v) is 16.2. The maximum atomic E-state index is 12.6. The maximum Gasteiger partial charge on any atom is 0.223 e. The summed E-state index contributed by atoms with van der Waals surface area (Å²) in [5, 5.41) is 4.82. The van der Waals surface area contributed by atoms with Crippen LogP contribution in [0.2, 0.25) is 5.02 Å². The molecule has 0 saturated heterocycles. The zero-order valence-electron chi connectivity index (χ0n) is 14.6. The molecule has 1 aromatic heterocycles. The summed E-state index contributed by atoms with van der Waals surface area (Å²) in [4.78, 5) is 18.3. The van der Waals surface area contributed by atoms with E-state index in [-0.39, 0.29) is 23.9 Å². The van der Waals surface area contributed by atoms with E-state index in [0.29, 0.717) is 5.02 Å². The molecule has 1 aliphatic carbocycles. The summed E-state index contributed by atoms with van der Waals surface area (Å²) in [6.45, 7) is 4.01. The Morgan fingerprint density at radius 1 is 1.36 bits per heavy atom. The van der Waals surface area contributed by atoms with Gasteiger partial charge < -0.3 is 11.1 Å². The van der Waals surface area contributed by atoms with Crippen LogP contribution in [0, 0.1) is 12.8 Å². The van der Waals surface area contributed by atoms with Crippen molar-refractivity contribution in [1.29, 1.82) is 0 Å². The minimum absolute atomic E-state index is 0.0372. The van der Waals surface area contributed by atoms with Crippen LogP contribution in [0.15, 0.2) is 24.3 Å². The van der Waals surface area contributed by atoms with E-state index in [2.05, 4.69) is 10.3 Å². The summed E-state index contributed by atoms with van der Waals surface area (Å²) < 4.78 is 0. The molecule has 25 heavy (non-hydrogen) atoms. The van der Waals surface area contributed by atoms with Gasteiger partial charge in [-0.15, -0.1) is 11.3 Å². The number of aromatic nitrogens is 1. The number of hydrogen-bond donors (Lipinski definition) is 2. The van der Waals surface area contributed by atoms with Crippen molar-refractivity contribution in [3.8, 4) is 10.6 Å². The van der Waals surface area contributed by atoms with Gasteiger partial charge in [-0.25, -0.2) is 4.98 Å². The number of rotatable bonds is 4. The van der Waals surface area contributed by atoms with Gasteiger partial charge in [-0.2, -0.15) is 0 Å². The van der Waals surface area contributed by atoms with Crippen LogP contribution in [-0.2, 0) is 4.79 Å². The van der Waals surface area contributed by atoms with E-state index in [1.165, 1.54) is 0 Å². The standard InChI is InChI=1S/C19H24ClN3OS/c1-11(22-18(24)14-4-3-5-16(21)10-14)17-12(2)23-19(25-17)13-6-8-15(20)9-7-13/h6-9,11,14,16H,3-5,10,21H2,1-2H3,(H,22,24). The fourth-order valence-corrected chi connectivity index (χ4v) is 4.59. The molecule has 1 aromatic carbocycles. The van der Waals surface area contributed by atoms with Crippen LogP contribution in [0.5, 0.6) is 0 Å². The highest BCUT2D eigenvalue weighted by molar-refractivity contribution is 7.15. The Morgan fingerprint density at radius 3 is 2.76 bits per heavy atom. The van der Waals surface area contributed by atoms with Crippen LogP contribution in [0.3, 0.4) is 0 Å². The van der Waals surface area contributed by atoms with Crippen molar-refractivity contribution < 1.29 is 4.79 Å². The molecule has 0 spiro atoms. The van der Waals surface area contributed by atoms with Crippen LogP contribution >= 0.6 is 22.9 Å². The summed E-state index contributed by atoms with van der Waals surface area (Å²) >= 11 is 7.58. The number of nitrogens with one attached hydrogen (secondary N) is 1. The molecule has 0 aliphatic heterocycles. The Labute approximate surface area is 157 Å². The maximum absolute atomic E-state index is 12.6. The van der Waals surface area contributed by atoms with Crippen LogP contribution in [0.4, 0.5) is 0 Å². The van der Waals surface area contributed by atoms with Gasteiger partial charge in [0.1, 0.15) is 5.01 Å². The second-order valence-corrected chi connectivity index (χ2v) is 8.30. The van der Waals surface area contributed by atoms with Crippen molar-refractivity contribution in [2.45, 2.75) is 51.6 Å².